The molecule has 0 radical (unpaired) electrons. The van der Waals surface area contributed by atoms with Crippen molar-refractivity contribution in [2.75, 3.05) is 31.6 Å². The minimum absolute atomic E-state index is 0.00197. The zero-order chi connectivity index (χ0) is 13.7. The lowest BCUT2D eigenvalue weighted by Gasteiger charge is -2.21. The number of aromatic nitrogens is 3. The molecule has 0 bridgehead atoms. The molecule has 1 amide bonds. The van der Waals surface area contributed by atoms with Gasteiger partial charge < -0.3 is 20.1 Å². The van der Waals surface area contributed by atoms with Gasteiger partial charge in [0.2, 0.25) is 11.8 Å². The molecule has 0 aromatic carbocycles. The van der Waals surface area contributed by atoms with Crippen LogP contribution in [0.25, 0.3) is 0 Å². The third-order valence-corrected chi connectivity index (χ3v) is 2.54. The van der Waals surface area contributed by atoms with Gasteiger partial charge in [0, 0.05) is 13.1 Å². The Kier molecular flexibility index (Phi) is 4.04. The van der Waals surface area contributed by atoms with Crippen molar-refractivity contribution in [2.24, 2.45) is 0 Å². The summed E-state index contributed by atoms with van der Waals surface area (Å²) in [5.74, 6) is 0.231. The van der Waals surface area contributed by atoms with Gasteiger partial charge in [-0.3, -0.25) is 0 Å². The molecule has 1 aliphatic rings. The van der Waals surface area contributed by atoms with Crippen molar-refractivity contribution >= 4 is 12.0 Å². The lowest BCUT2D eigenvalue weighted by molar-refractivity contribution is 0.126. The first kappa shape index (κ1) is 13.0. The Balaban J connectivity index is 2.04. The normalized spacial score (nSPS) is 19.3. The highest BCUT2D eigenvalue weighted by molar-refractivity contribution is 5.65. The predicted octanol–water partition coefficient (Wildman–Crippen LogP) is -0.466. The maximum absolute atomic E-state index is 11.0. The van der Waals surface area contributed by atoms with Crippen LogP contribution in [-0.4, -0.2) is 63.4 Å². The SMILES string of the molecule is N#Cc1ncnc(NC2COCCN(C(=O)O)C2)n1. The Morgan fingerprint density at radius 1 is 1.63 bits per heavy atom. The lowest BCUT2D eigenvalue weighted by Crippen LogP contribution is -2.40. The van der Waals surface area contributed by atoms with Crippen molar-refractivity contribution < 1.29 is 14.6 Å². The lowest BCUT2D eigenvalue weighted by atomic mass is 10.3. The highest BCUT2D eigenvalue weighted by Gasteiger charge is 2.22. The molecule has 9 heteroatoms. The minimum atomic E-state index is -0.995. The van der Waals surface area contributed by atoms with Crippen LogP contribution in [0.5, 0.6) is 0 Å². The summed E-state index contributed by atoms with van der Waals surface area (Å²) in [5, 5.41) is 20.6. The van der Waals surface area contributed by atoms with Crippen LogP contribution < -0.4 is 5.32 Å². The Labute approximate surface area is 108 Å². The summed E-state index contributed by atoms with van der Waals surface area (Å²) in [6.07, 6.45) is 0.228. The van der Waals surface area contributed by atoms with E-state index in [-0.39, 0.29) is 24.4 Å². The molecule has 1 fully saturated rings. The number of nitrogens with one attached hydrogen (secondary N) is 1. The van der Waals surface area contributed by atoms with E-state index in [0.717, 1.165) is 0 Å². The number of amides is 1. The molecule has 19 heavy (non-hydrogen) atoms. The van der Waals surface area contributed by atoms with Gasteiger partial charge in [0.15, 0.2) is 0 Å². The van der Waals surface area contributed by atoms with E-state index in [0.29, 0.717) is 19.8 Å². The summed E-state index contributed by atoms with van der Waals surface area (Å²) in [4.78, 5) is 23.6. The molecule has 1 atom stereocenters. The fraction of sp³-hybridized carbons (Fsp3) is 0.500. The molecule has 1 unspecified atom stereocenters. The average molecular weight is 264 g/mol. The maximum atomic E-state index is 11.0. The van der Waals surface area contributed by atoms with Gasteiger partial charge in [0.25, 0.3) is 0 Å². The van der Waals surface area contributed by atoms with E-state index >= 15 is 0 Å². The van der Waals surface area contributed by atoms with Gasteiger partial charge in [-0.25, -0.2) is 14.8 Å². The molecule has 1 aromatic rings. The monoisotopic (exact) mass is 264 g/mol. The highest BCUT2D eigenvalue weighted by Crippen LogP contribution is 2.06. The smallest absolute Gasteiger partial charge is 0.407 e. The molecule has 1 saturated heterocycles. The van der Waals surface area contributed by atoms with Crippen molar-refractivity contribution in [3.05, 3.63) is 12.2 Å². The first-order valence-corrected chi connectivity index (χ1v) is 5.60. The Morgan fingerprint density at radius 2 is 2.47 bits per heavy atom. The largest absolute Gasteiger partial charge is 0.465 e. The molecule has 1 aliphatic heterocycles. The van der Waals surface area contributed by atoms with E-state index in [1.54, 1.807) is 6.07 Å². The molecular weight excluding hydrogens is 252 g/mol. The van der Waals surface area contributed by atoms with E-state index in [9.17, 15) is 4.79 Å². The van der Waals surface area contributed by atoms with Crippen LogP contribution in [0.3, 0.4) is 0 Å². The van der Waals surface area contributed by atoms with Crippen LogP contribution in [0.4, 0.5) is 10.7 Å². The van der Waals surface area contributed by atoms with Crippen molar-refractivity contribution in [3.8, 4) is 6.07 Å². The van der Waals surface area contributed by atoms with Gasteiger partial charge in [-0.1, -0.05) is 0 Å². The zero-order valence-corrected chi connectivity index (χ0v) is 9.98. The third-order valence-electron chi connectivity index (χ3n) is 2.54. The first-order valence-electron chi connectivity index (χ1n) is 5.60. The maximum Gasteiger partial charge on any atom is 0.407 e. The van der Waals surface area contributed by atoms with E-state index < -0.39 is 6.09 Å². The van der Waals surface area contributed by atoms with Crippen molar-refractivity contribution in [3.63, 3.8) is 0 Å². The van der Waals surface area contributed by atoms with E-state index in [1.807, 2.05) is 0 Å². The predicted molar refractivity (Wildman–Crippen MR) is 62.4 cm³/mol. The number of rotatable bonds is 2. The summed E-state index contributed by atoms with van der Waals surface area (Å²) < 4.78 is 5.31. The summed E-state index contributed by atoms with van der Waals surface area (Å²) in [6, 6.07) is 1.54. The Morgan fingerprint density at radius 3 is 3.21 bits per heavy atom. The fourth-order valence-corrected chi connectivity index (χ4v) is 1.67. The molecule has 2 N–H and O–H groups in total. The number of hydrogen-bond donors (Lipinski definition) is 2. The summed E-state index contributed by atoms with van der Waals surface area (Å²) in [5.41, 5.74) is 0. The molecule has 1 aromatic heterocycles. The molecule has 0 aliphatic carbocycles. The Hall–Kier alpha value is -2.47. The number of nitriles is 1. The third kappa shape index (κ3) is 3.49. The van der Waals surface area contributed by atoms with Crippen LogP contribution >= 0.6 is 0 Å². The molecule has 9 nitrogen and oxygen atoms in total. The second kappa shape index (κ2) is 5.92. The van der Waals surface area contributed by atoms with Gasteiger partial charge in [-0.15, -0.1) is 0 Å². The number of ether oxygens (including phenoxy) is 1. The van der Waals surface area contributed by atoms with Crippen LogP contribution in [0.15, 0.2) is 6.33 Å². The standard InChI is InChI=1S/C10H12N6O3/c11-3-8-12-6-13-9(15-8)14-7-4-16(10(17)18)1-2-19-5-7/h6-7H,1-2,4-5H2,(H,17,18)(H,12,13,14,15). The van der Waals surface area contributed by atoms with Crippen LogP contribution in [-0.2, 0) is 4.74 Å². The minimum Gasteiger partial charge on any atom is -0.465 e. The van der Waals surface area contributed by atoms with Gasteiger partial charge in [-0.2, -0.15) is 10.2 Å². The number of carboxylic acid groups (broad SMARTS) is 1. The highest BCUT2D eigenvalue weighted by atomic mass is 16.5. The van der Waals surface area contributed by atoms with Crippen molar-refractivity contribution in [1.82, 2.24) is 19.9 Å². The van der Waals surface area contributed by atoms with Crippen molar-refractivity contribution in [2.45, 2.75) is 6.04 Å². The van der Waals surface area contributed by atoms with E-state index in [2.05, 4.69) is 20.3 Å². The number of hydrogen-bond acceptors (Lipinski definition) is 7. The van der Waals surface area contributed by atoms with E-state index in [1.165, 1.54) is 11.2 Å². The topological polar surface area (TPSA) is 124 Å². The molecule has 100 valence electrons. The second-order valence-corrected chi connectivity index (χ2v) is 3.89. The molecule has 0 saturated carbocycles. The van der Waals surface area contributed by atoms with Gasteiger partial charge in [0.1, 0.15) is 12.4 Å². The molecule has 0 spiro atoms. The number of nitrogens with zero attached hydrogens (tertiary/aromatic N) is 5. The average Bonchev–Trinajstić information content (AvgIpc) is 2.64. The summed E-state index contributed by atoms with van der Waals surface area (Å²) in [6.45, 7) is 1.29. The number of carbonyl (C=O) groups is 1. The summed E-state index contributed by atoms with van der Waals surface area (Å²) in [7, 11) is 0. The second-order valence-electron chi connectivity index (χ2n) is 3.89. The zero-order valence-electron chi connectivity index (χ0n) is 9.98. The first-order chi connectivity index (χ1) is 9.19. The van der Waals surface area contributed by atoms with Crippen LogP contribution in [0, 0.1) is 11.3 Å². The number of anilines is 1. The fourth-order valence-electron chi connectivity index (χ4n) is 1.67. The van der Waals surface area contributed by atoms with Gasteiger partial charge in [0.05, 0.1) is 19.3 Å². The van der Waals surface area contributed by atoms with Crippen molar-refractivity contribution in [1.29, 1.82) is 5.26 Å². The molecule has 2 rings (SSSR count). The Bertz CT molecular complexity index is 502. The quantitative estimate of drug-likeness (QED) is 0.734. The van der Waals surface area contributed by atoms with Crippen LogP contribution in [0.1, 0.15) is 5.82 Å². The van der Waals surface area contributed by atoms with E-state index in [4.69, 9.17) is 15.1 Å². The molecule has 2 heterocycles. The van der Waals surface area contributed by atoms with Gasteiger partial charge >= 0.3 is 6.09 Å². The van der Waals surface area contributed by atoms with Gasteiger partial charge in [-0.05, 0) is 0 Å². The van der Waals surface area contributed by atoms with Crippen LogP contribution in [0.2, 0.25) is 0 Å². The molecular formula is C10H12N6O3. The summed E-state index contributed by atoms with van der Waals surface area (Å²) >= 11 is 0.